The maximum absolute atomic E-state index is 9.06. The van der Waals surface area contributed by atoms with Crippen LogP contribution in [0.3, 0.4) is 0 Å². The number of oxazole rings is 1. The van der Waals surface area contributed by atoms with E-state index in [9.17, 15) is 0 Å². The second kappa shape index (κ2) is 8.69. The van der Waals surface area contributed by atoms with Crippen LogP contribution in [-0.2, 0) is 0 Å². The quantitative estimate of drug-likeness (QED) is 0.568. The lowest BCUT2D eigenvalue weighted by molar-refractivity contribution is 0.289. The van der Waals surface area contributed by atoms with Crippen LogP contribution in [-0.4, -0.2) is 17.8 Å². The van der Waals surface area contributed by atoms with Gasteiger partial charge in [0.15, 0.2) is 0 Å². The second-order valence-corrected chi connectivity index (χ2v) is 6.06. The van der Waals surface area contributed by atoms with Gasteiger partial charge in [0.05, 0.1) is 12.8 Å². The van der Waals surface area contributed by atoms with Gasteiger partial charge in [0.1, 0.15) is 11.8 Å². The van der Waals surface area contributed by atoms with Crippen LogP contribution in [0.1, 0.15) is 44.3 Å². The number of nitriles is 1. The Morgan fingerprint density at radius 1 is 1.44 bits per heavy atom. The summed E-state index contributed by atoms with van der Waals surface area (Å²) in [7, 11) is 0. The molecule has 6 heteroatoms. The lowest BCUT2D eigenvalue weighted by Crippen LogP contribution is -2.01. The standard InChI is InChI=1S/C19H22N4O2/c1-13(2)9-10-24-16-7-5-15(6-8-16)12-21-23-19-17(11-20)22-18(25-19)14(3)4/h5-8,12-13,23H,3,9-10H2,1-2,4H3/b21-12+. The van der Waals surface area contributed by atoms with Crippen LogP contribution in [0.25, 0.3) is 5.57 Å². The third kappa shape index (κ3) is 5.50. The SMILES string of the molecule is C=C(C)c1nc(C#N)c(N/N=C/c2ccc(OCCC(C)C)cc2)o1. The van der Waals surface area contributed by atoms with Gasteiger partial charge in [-0.2, -0.15) is 15.3 Å². The highest BCUT2D eigenvalue weighted by Crippen LogP contribution is 2.20. The first kappa shape index (κ1) is 18.3. The molecule has 0 aliphatic heterocycles. The molecule has 0 atom stereocenters. The van der Waals surface area contributed by atoms with Crippen LogP contribution in [0, 0.1) is 17.2 Å². The monoisotopic (exact) mass is 338 g/mol. The predicted molar refractivity (Wildman–Crippen MR) is 98.5 cm³/mol. The molecule has 1 N–H and O–H groups in total. The third-order valence-electron chi connectivity index (χ3n) is 3.32. The molecule has 1 aromatic heterocycles. The molecule has 6 nitrogen and oxygen atoms in total. The van der Waals surface area contributed by atoms with Gasteiger partial charge in [0.2, 0.25) is 11.6 Å². The predicted octanol–water partition coefficient (Wildman–Crippen LogP) is 4.45. The number of nitrogens with zero attached hydrogens (tertiary/aromatic N) is 3. The van der Waals surface area contributed by atoms with Gasteiger partial charge in [-0.15, -0.1) is 0 Å². The van der Waals surface area contributed by atoms with Crippen LogP contribution < -0.4 is 10.2 Å². The second-order valence-electron chi connectivity index (χ2n) is 6.06. The highest BCUT2D eigenvalue weighted by Gasteiger charge is 2.12. The highest BCUT2D eigenvalue weighted by atomic mass is 16.5. The molecule has 1 heterocycles. The Kier molecular flexibility index (Phi) is 6.35. The smallest absolute Gasteiger partial charge is 0.252 e. The normalized spacial score (nSPS) is 10.8. The maximum atomic E-state index is 9.06. The summed E-state index contributed by atoms with van der Waals surface area (Å²) in [6.45, 7) is 10.5. The van der Waals surface area contributed by atoms with Crippen molar-refractivity contribution in [2.45, 2.75) is 27.2 Å². The fourth-order valence-electron chi connectivity index (χ4n) is 1.88. The van der Waals surface area contributed by atoms with Crippen LogP contribution in [0.4, 0.5) is 5.88 Å². The van der Waals surface area contributed by atoms with Crippen LogP contribution >= 0.6 is 0 Å². The van der Waals surface area contributed by atoms with E-state index in [4.69, 9.17) is 14.4 Å². The number of hydrogen-bond acceptors (Lipinski definition) is 6. The van der Waals surface area contributed by atoms with E-state index in [2.05, 4.69) is 35.9 Å². The molecule has 1 aromatic carbocycles. The number of anilines is 1. The molecule has 0 spiro atoms. The average molecular weight is 338 g/mol. The van der Waals surface area contributed by atoms with Crippen LogP contribution in [0.15, 0.2) is 40.4 Å². The largest absolute Gasteiger partial charge is 0.494 e. The van der Waals surface area contributed by atoms with E-state index in [0.29, 0.717) is 24.0 Å². The molecule has 0 aliphatic rings. The van der Waals surface area contributed by atoms with Gasteiger partial charge in [-0.3, -0.25) is 0 Å². The first-order valence-corrected chi connectivity index (χ1v) is 8.08. The lowest BCUT2D eigenvalue weighted by atomic mass is 10.1. The summed E-state index contributed by atoms with van der Waals surface area (Å²) in [5, 5.41) is 13.1. The minimum atomic E-state index is 0.143. The van der Waals surface area contributed by atoms with Gasteiger partial charge >= 0.3 is 0 Å². The van der Waals surface area contributed by atoms with Gasteiger partial charge in [0.25, 0.3) is 5.88 Å². The van der Waals surface area contributed by atoms with Crippen molar-refractivity contribution >= 4 is 17.7 Å². The van der Waals surface area contributed by atoms with Crippen molar-refractivity contribution in [1.29, 1.82) is 5.26 Å². The Labute approximate surface area is 147 Å². The van der Waals surface area contributed by atoms with Crippen molar-refractivity contribution in [3.63, 3.8) is 0 Å². The lowest BCUT2D eigenvalue weighted by Gasteiger charge is -2.07. The zero-order valence-corrected chi connectivity index (χ0v) is 14.7. The molecule has 2 rings (SSSR count). The van der Waals surface area contributed by atoms with Crippen molar-refractivity contribution in [3.05, 3.63) is 48.0 Å². The summed E-state index contributed by atoms with van der Waals surface area (Å²) in [4.78, 5) is 4.03. The van der Waals surface area contributed by atoms with E-state index >= 15 is 0 Å². The zero-order valence-electron chi connectivity index (χ0n) is 14.7. The number of benzene rings is 1. The Hall–Kier alpha value is -3.07. The van der Waals surface area contributed by atoms with E-state index in [0.717, 1.165) is 17.7 Å². The first-order valence-electron chi connectivity index (χ1n) is 8.08. The van der Waals surface area contributed by atoms with Crippen molar-refractivity contribution < 1.29 is 9.15 Å². The molecular weight excluding hydrogens is 316 g/mol. The fraction of sp³-hybridized carbons (Fsp3) is 0.316. The molecule has 0 bridgehead atoms. The number of nitrogens with one attached hydrogen (secondary N) is 1. The van der Waals surface area contributed by atoms with Crippen LogP contribution in [0.5, 0.6) is 5.75 Å². The molecule has 0 saturated carbocycles. The molecule has 0 aliphatic carbocycles. The van der Waals surface area contributed by atoms with E-state index in [-0.39, 0.29) is 11.6 Å². The minimum Gasteiger partial charge on any atom is -0.494 e. The van der Waals surface area contributed by atoms with Gasteiger partial charge in [-0.25, -0.2) is 5.43 Å². The van der Waals surface area contributed by atoms with E-state index in [1.165, 1.54) is 0 Å². The molecule has 0 fully saturated rings. The Morgan fingerprint density at radius 3 is 2.76 bits per heavy atom. The molecule has 0 unspecified atom stereocenters. The molecule has 25 heavy (non-hydrogen) atoms. The Bertz CT molecular complexity index is 783. The summed E-state index contributed by atoms with van der Waals surface area (Å²) in [6, 6.07) is 9.56. The van der Waals surface area contributed by atoms with Gasteiger partial charge in [0, 0.05) is 5.57 Å². The van der Waals surface area contributed by atoms with Gasteiger partial charge in [-0.05, 0) is 49.1 Å². The summed E-state index contributed by atoms with van der Waals surface area (Å²) < 4.78 is 11.1. The minimum absolute atomic E-state index is 0.143. The van der Waals surface area contributed by atoms with Crippen molar-refractivity contribution in [3.8, 4) is 11.8 Å². The molecule has 0 radical (unpaired) electrons. The van der Waals surface area contributed by atoms with E-state index in [1.807, 2.05) is 30.3 Å². The van der Waals surface area contributed by atoms with E-state index in [1.54, 1.807) is 13.1 Å². The average Bonchev–Trinajstić information content (AvgIpc) is 2.99. The number of ether oxygens (including phenoxy) is 1. The van der Waals surface area contributed by atoms with E-state index < -0.39 is 0 Å². The van der Waals surface area contributed by atoms with Gasteiger partial charge in [-0.1, -0.05) is 20.4 Å². The summed E-state index contributed by atoms with van der Waals surface area (Å²) in [5.41, 5.74) is 4.37. The summed E-state index contributed by atoms with van der Waals surface area (Å²) in [5.74, 6) is 1.97. The maximum Gasteiger partial charge on any atom is 0.252 e. The topological polar surface area (TPSA) is 83.4 Å². The molecule has 0 saturated heterocycles. The summed E-state index contributed by atoms with van der Waals surface area (Å²) >= 11 is 0. The van der Waals surface area contributed by atoms with Gasteiger partial charge < -0.3 is 9.15 Å². The number of aromatic nitrogens is 1. The van der Waals surface area contributed by atoms with Crippen LogP contribution in [0.2, 0.25) is 0 Å². The Morgan fingerprint density at radius 2 is 2.16 bits per heavy atom. The summed E-state index contributed by atoms with van der Waals surface area (Å²) in [6.07, 6.45) is 2.65. The first-order chi connectivity index (χ1) is 12.0. The van der Waals surface area contributed by atoms with Crippen molar-refractivity contribution in [2.75, 3.05) is 12.0 Å². The molecular formula is C19H22N4O2. The molecule has 0 amide bonds. The highest BCUT2D eigenvalue weighted by molar-refractivity contribution is 5.80. The third-order valence-corrected chi connectivity index (χ3v) is 3.32. The van der Waals surface area contributed by atoms with Crippen molar-refractivity contribution in [2.24, 2.45) is 11.0 Å². The number of rotatable bonds is 8. The fourth-order valence-corrected chi connectivity index (χ4v) is 1.88. The zero-order chi connectivity index (χ0) is 18.2. The van der Waals surface area contributed by atoms with Crippen molar-refractivity contribution in [1.82, 2.24) is 4.98 Å². The number of hydrazone groups is 1. The number of hydrogen-bond donors (Lipinski definition) is 1. The number of allylic oxidation sites excluding steroid dienone is 1. The molecule has 2 aromatic rings. The Balaban J connectivity index is 1.94. The molecule has 130 valence electrons.